The molecule has 0 aliphatic rings. The summed E-state index contributed by atoms with van der Waals surface area (Å²) in [7, 11) is 0. The summed E-state index contributed by atoms with van der Waals surface area (Å²) in [5.41, 5.74) is 1.18. The number of hydrogen-bond acceptors (Lipinski definition) is 4. The van der Waals surface area contributed by atoms with Crippen LogP contribution < -0.4 is 5.11 Å². The molecule has 1 aromatic carbocycles. The number of hydrogen-bond donors (Lipinski definition) is 0. The highest BCUT2D eigenvalue weighted by Crippen LogP contribution is 2.23. The van der Waals surface area contributed by atoms with Gasteiger partial charge in [-0.1, -0.05) is 18.2 Å². The molecule has 17 heavy (non-hydrogen) atoms. The summed E-state index contributed by atoms with van der Waals surface area (Å²) in [6, 6.07) is 10.7. The molecule has 82 valence electrons. The molecule has 0 bridgehead atoms. The normalized spacial score (nSPS) is 10.8. The number of carboxylic acids is 1. The predicted molar refractivity (Wildman–Crippen MR) is 61.4 cm³/mol. The Balaban J connectivity index is 2.59. The maximum Gasteiger partial charge on any atom is 0.0958 e. The second-order valence-electron chi connectivity index (χ2n) is 3.66. The van der Waals surface area contributed by atoms with Crippen molar-refractivity contribution in [2.45, 2.75) is 0 Å². The molecule has 0 spiro atoms. The first-order valence-electron chi connectivity index (χ1n) is 5.12. The van der Waals surface area contributed by atoms with Crippen molar-refractivity contribution >= 4 is 27.8 Å². The van der Waals surface area contributed by atoms with Crippen LogP contribution in [0.25, 0.3) is 21.8 Å². The van der Waals surface area contributed by atoms with Crippen molar-refractivity contribution in [2.75, 3.05) is 0 Å². The zero-order valence-corrected chi connectivity index (χ0v) is 8.75. The van der Waals surface area contributed by atoms with Gasteiger partial charge in [0.15, 0.2) is 0 Å². The van der Waals surface area contributed by atoms with Gasteiger partial charge in [0, 0.05) is 17.0 Å². The zero-order chi connectivity index (χ0) is 11.8. The number of pyridine rings is 2. The Morgan fingerprint density at radius 1 is 1.06 bits per heavy atom. The molecule has 0 aliphatic heterocycles. The first-order chi connectivity index (χ1) is 8.27. The topological polar surface area (TPSA) is 65.9 Å². The van der Waals surface area contributed by atoms with E-state index in [1.165, 1.54) is 0 Å². The quantitative estimate of drug-likeness (QED) is 0.580. The molecule has 2 heterocycles. The van der Waals surface area contributed by atoms with Crippen molar-refractivity contribution in [2.24, 2.45) is 0 Å². The fraction of sp³-hybridized carbons (Fsp3) is 0. The Kier molecular flexibility index (Phi) is 2.01. The number of aromatic carboxylic acids is 1. The fourth-order valence-corrected chi connectivity index (χ4v) is 1.92. The highest BCUT2D eigenvalue weighted by Gasteiger charge is 2.08. The minimum atomic E-state index is -1.28. The highest BCUT2D eigenvalue weighted by atomic mass is 16.4. The Morgan fingerprint density at radius 3 is 2.65 bits per heavy atom. The molecule has 2 aromatic heterocycles. The molecule has 0 radical (unpaired) electrons. The molecule has 3 aromatic rings. The molecule has 0 unspecified atom stereocenters. The van der Waals surface area contributed by atoms with Crippen LogP contribution in [0.15, 0.2) is 42.6 Å². The van der Waals surface area contributed by atoms with Crippen LogP contribution in [0.3, 0.4) is 0 Å². The zero-order valence-electron chi connectivity index (χ0n) is 8.75. The maximum absolute atomic E-state index is 11.1. The Labute approximate surface area is 96.6 Å². The van der Waals surface area contributed by atoms with Gasteiger partial charge < -0.3 is 9.90 Å². The summed E-state index contributed by atoms with van der Waals surface area (Å²) in [5, 5.41) is 12.4. The molecule has 3 rings (SSSR count). The van der Waals surface area contributed by atoms with Crippen molar-refractivity contribution in [3.63, 3.8) is 0 Å². The van der Waals surface area contributed by atoms with Crippen LogP contribution in [0.1, 0.15) is 10.5 Å². The van der Waals surface area contributed by atoms with Crippen LogP contribution in [-0.2, 0) is 0 Å². The summed E-state index contributed by atoms with van der Waals surface area (Å²) in [5.74, 6) is -1.28. The van der Waals surface area contributed by atoms with E-state index in [2.05, 4.69) is 9.97 Å². The van der Waals surface area contributed by atoms with Crippen molar-refractivity contribution < 1.29 is 9.90 Å². The van der Waals surface area contributed by atoms with Crippen molar-refractivity contribution in [1.82, 2.24) is 9.97 Å². The van der Waals surface area contributed by atoms with Crippen molar-refractivity contribution in [3.05, 3.63) is 48.3 Å². The number of aromatic nitrogens is 2. The summed E-state index contributed by atoms with van der Waals surface area (Å²) in [6.45, 7) is 0. The standard InChI is InChI=1S/C13H8N2O2/c16-13(17)12-9-5-3-7-14-11(9)8-4-1-2-6-10(8)15-12/h1-7H,(H,16,17)/p-1. The first-order valence-corrected chi connectivity index (χ1v) is 5.12. The van der Waals surface area contributed by atoms with E-state index in [4.69, 9.17) is 0 Å². The van der Waals surface area contributed by atoms with E-state index in [9.17, 15) is 9.90 Å². The predicted octanol–water partition coefficient (Wildman–Crippen LogP) is 1.15. The first kappa shape index (κ1) is 9.72. The molecule has 0 N–H and O–H groups in total. The van der Waals surface area contributed by atoms with E-state index in [0.29, 0.717) is 16.4 Å². The largest absolute Gasteiger partial charge is 0.543 e. The van der Waals surface area contributed by atoms with Crippen LogP contribution in [-0.4, -0.2) is 15.9 Å². The average Bonchev–Trinajstić information content (AvgIpc) is 2.37. The molecule has 0 atom stereocenters. The maximum atomic E-state index is 11.1. The monoisotopic (exact) mass is 223 g/mol. The van der Waals surface area contributed by atoms with Gasteiger partial charge in [-0.05, 0) is 18.2 Å². The second kappa shape index (κ2) is 3.52. The van der Waals surface area contributed by atoms with Gasteiger partial charge in [0.2, 0.25) is 0 Å². The summed E-state index contributed by atoms with van der Waals surface area (Å²) in [4.78, 5) is 19.4. The molecule has 0 saturated heterocycles. The SMILES string of the molecule is O=C([O-])c1nc2ccccc2c2ncccc12. The van der Waals surface area contributed by atoms with Crippen LogP contribution in [0.4, 0.5) is 0 Å². The number of nitrogens with zero attached hydrogens (tertiary/aromatic N) is 2. The Hall–Kier alpha value is -2.49. The molecule has 4 nitrogen and oxygen atoms in total. The lowest BCUT2D eigenvalue weighted by atomic mass is 10.1. The lowest BCUT2D eigenvalue weighted by molar-refractivity contribution is -0.255. The molecule has 0 fully saturated rings. The smallest absolute Gasteiger partial charge is 0.0958 e. The molecule has 4 heteroatoms. The third-order valence-electron chi connectivity index (χ3n) is 2.65. The number of carboxylic acid groups (broad SMARTS) is 1. The minimum Gasteiger partial charge on any atom is -0.543 e. The summed E-state index contributed by atoms with van der Waals surface area (Å²) in [6.07, 6.45) is 1.63. The number of fused-ring (bicyclic) bond motifs is 3. The van der Waals surface area contributed by atoms with Gasteiger partial charge in [0.1, 0.15) is 0 Å². The van der Waals surface area contributed by atoms with Crippen LogP contribution in [0.5, 0.6) is 0 Å². The second-order valence-corrected chi connectivity index (χ2v) is 3.66. The lowest BCUT2D eigenvalue weighted by Crippen LogP contribution is -2.24. The van der Waals surface area contributed by atoms with Crippen LogP contribution >= 0.6 is 0 Å². The number of carbonyl (C=O) groups excluding carboxylic acids is 1. The number of carbonyl (C=O) groups is 1. The van der Waals surface area contributed by atoms with Gasteiger partial charge in [0.25, 0.3) is 0 Å². The minimum absolute atomic E-state index is 0.0631. The van der Waals surface area contributed by atoms with E-state index in [1.54, 1.807) is 24.4 Å². The lowest BCUT2D eigenvalue weighted by Gasteiger charge is -2.08. The number of para-hydroxylation sites is 1. The number of rotatable bonds is 1. The van der Waals surface area contributed by atoms with Gasteiger partial charge in [0.05, 0.1) is 22.7 Å². The van der Waals surface area contributed by atoms with E-state index in [1.807, 2.05) is 18.2 Å². The van der Waals surface area contributed by atoms with Gasteiger partial charge in [-0.25, -0.2) is 4.98 Å². The van der Waals surface area contributed by atoms with Crippen LogP contribution in [0, 0.1) is 0 Å². The van der Waals surface area contributed by atoms with Crippen molar-refractivity contribution in [1.29, 1.82) is 0 Å². The summed E-state index contributed by atoms with van der Waals surface area (Å²) < 4.78 is 0. The Morgan fingerprint density at radius 2 is 1.82 bits per heavy atom. The van der Waals surface area contributed by atoms with Gasteiger partial charge in [-0.2, -0.15) is 0 Å². The van der Waals surface area contributed by atoms with Gasteiger partial charge in [-0.3, -0.25) is 4.98 Å². The van der Waals surface area contributed by atoms with Gasteiger partial charge >= 0.3 is 0 Å². The molecular weight excluding hydrogens is 216 g/mol. The third-order valence-corrected chi connectivity index (χ3v) is 2.65. The molecular formula is C13H7N2O2-. The molecule has 0 amide bonds. The van der Waals surface area contributed by atoms with E-state index in [-0.39, 0.29) is 5.69 Å². The van der Waals surface area contributed by atoms with E-state index >= 15 is 0 Å². The number of benzene rings is 1. The van der Waals surface area contributed by atoms with Crippen LogP contribution in [0.2, 0.25) is 0 Å². The highest BCUT2D eigenvalue weighted by molar-refractivity contribution is 6.10. The average molecular weight is 223 g/mol. The Bertz CT molecular complexity index is 738. The fourth-order valence-electron chi connectivity index (χ4n) is 1.92. The summed E-state index contributed by atoms with van der Waals surface area (Å²) >= 11 is 0. The van der Waals surface area contributed by atoms with Crippen molar-refractivity contribution in [3.8, 4) is 0 Å². The van der Waals surface area contributed by atoms with E-state index in [0.717, 1.165) is 5.39 Å². The van der Waals surface area contributed by atoms with E-state index < -0.39 is 5.97 Å². The van der Waals surface area contributed by atoms with Gasteiger partial charge in [-0.15, -0.1) is 0 Å². The molecule has 0 saturated carbocycles. The third kappa shape index (κ3) is 1.42. The molecule has 0 aliphatic carbocycles.